The molecule has 3 N–H and O–H groups in total. The SMILES string of the molecule is COc1cccc(CCNC(=O)C[C@H](O)[C@H](COCc2ccc(-c3ccsc3)cc2)NC(=O)c2c(F)cc(F)cc2F)c1. The van der Waals surface area contributed by atoms with Crippen LogP contribution in [0.2, 0.25) is 0 Å². The summed E-state index contributed by atoms with van der Waals surface area (Å²) in [6.45, 7) is 0.106. The molecule has 4 aromatic rings. The Bertz CT molecular complexity index is 1490. The monoisotopic (exact) mass is 612 g/mol. The number of thiophene rings is 1. The molecule has 2 amide bonds. The Balaban J connectivity index is 1.37. The molecular weight excluding hydrogens is 581 g/mol. The molecule has 0 unspecified atom stereocenters. The van der Waals surface area contributed by atoms with Crippen LogP contribution in [0.1, 0.15) is 27.9 Å². The van der Waals surface area contributed by atoms with Gasteiger partial charge in [0, 0.05) is 18.7 Å². The first-order valence-corrected chi connectivity index (χ1v) is 14.4. The van der Waals surface area contributed by atoms with Crippen molar-refractivity contribution in [3.63, 3.8) is 0 Å². The fraction of sp³-hybridized carbons (Fsp3) is 0.250. The third-order valence-electron chi connectivity index (χ3n) is 6.65. The maximum absolute atomic E-state index is 14.3. The lowest BCUT2D eigenvalue weighted by Gasteiger charge is -2.24. The summed E-state index contributed by atoms with van der Waals surface area (Å²) < 4.78 is 52.8. The largest absolute Gasteiger partial charge is 0.497 e. The second kappa shape index (κ2) is 15.3. The summed E-state index contributed by atoms with van der Waals surface area (Å²) in [7, 11) is 1.56. The Kier molecular flexibility index (Phi) is 11.3. The standard InChI is InChI=1S/C32H31F3N2O5S/c1-41-25-4-2-3-20(13-25)9-11-36-30(39)16-29(38)28(37-32(40)31-26(34)14-24(33)15-27(31)35)18-42-17-21-5-7-22(8-6-21)23-10-12-43-19-23/h2-8,10,12-15,19,28-29,38H,9,11,16-18H2,1H3,(H,36,39)(H,37,40)/t28-,29-/m0/s1. The molecule has 7 nitrogen and oxygen atoms in total. The van der Waals surface area contributed by atoms with Gasteiger partial charge in [-0.3, -0.25) is 9.59 Å². The van der Waals surface area contributed by atoms with Gasteiger partial charge in [-0.05, 0) is 57.6 Å². The first-order valence-electron chi connectivity index (χ1n) is 13.5. The summed E-state index contributed by atoms with van der Waals surface area (Å²) in [5.41, 5.74) is 2.86. The second-order valence-electron chi connectivity index (χ2n) is 9.77. The van der Waals surface area contributed by atoms with Gasteiger partial charge >= 0.3 is 0 Å². The highest BCUT2D eigenvalue weighted by Gasteiger charge is 2.27. The molecule has 2 atom stereocenters. The highest BCUT2D eigenvalue weighted by Crippen LogP contribution is 2.22. The zero-order valence-electron chi connectivity index (χ0n) is 23.3. The van der Waals surface area contributed by atoms with Crippen LogP contribution in [0.3, 0.4) is 0 Å². The summed E-state index contributed by atoms with van der Waals surface area (Å²) in [5, 5.41) is 19.9. The molecule has 0 bridgehead atoms. The fourth-order valence-electron chi connectivity index (χ4n) is 4.35. The number of halogens is 3. The van der Waals surface area contributed by atoms with E-state index in [9.17, 15) is 27.9 Å². The zero-order chi connectivity index (χ0) is 30.8. The van der Waals surface area contributed by atoms with Crippen molar-refractivity contribution in [1.82, 2.24) is 10.6 Å². The number of rotatable bonds is 14. The molecule has 0 saturated carbocycles. The molecule has 4 rings (SSSR count). The average Bonchev–Trinajstić information content (AvgIpc) is 3.52. The Morgan fingerprint density at radius 1 is 0.953 bits per heavy atom. The van der Waals surface area contributed by atoms with E-state index in [1.165, 1.54) is 0 Å². The van der Waals surface area contributed by atoms with Gasteiger partial charge in [0.2, 0.25) is 5.91 Å². The lowest BCUT2D eigenvalue weighted by Crippen LogP contribution is -2.48. The number of nitrogens with one attached hydrogen (secondary N) is 2. The smallest absolute Gasteiger partial charge is 0.257 e. The van der Waals surface area contributed by atoms with Crippen LogP contribution in [0, 0.1) is 17.5 Å². The molecule has 11 heteroatoms. The Labute approximate surface area is 251 Å². The number of carbonyl (C=O) groups excluding carboxylic acids is 2. The predicted molar refractivity (Wildman–Crippen MR) is 157 cm³/mol. The number of benzene rings is 3. The topological polar surface area (TPSA) is 96.9 Å². The summed E-state index contributed by atoms with van der Waals surface area (Å²) in [6.07, 6.45) is -1.37. The number of hydrogen-bond acceptors (Lipinski definition) is 6. The van der Waals surface area contributed by atoms with Crippen LogP contribution < -0.4 is 15.4 Å². The number of methoxy groups -OCH3 is 1. The molecule has 43 heavy (non-hydrogen) atoms. The van der Waals surface area contributed by atoms with Crippen LogP contribution in [-0.2, 0) is 22.6 Å². The van der Waals surface area contributed by atoms with Crippen molar-refractivity contribution in [2.45, 2.75) is 31.6 Å². The summed E-state index contributed by atoms with van der Waals surface area (Å²) >= 11 is 1.59. The van der Waals surface area contributed by atoms with Crippen LogP contribution in [-0.4, -0.2) is 49.3 Å². The molecule has 0 aliphatic carbocycles. The van der Waals surface area contributed by atoms with Gasteiger partial charge in [0.05, 0.1) is 38.9 Å². The van der Waals surface area contributed by atoms with Crippen LogP contribution in [0.5, 0.6) is 5.75 Å². The van der Waals surface area contributed by atoms with Crippen molar-refractivity contribution in [2.75, 3.05) is 20.3 Å². The number of hydrogen-bond donors (Lipinski definition) is 3. The molecule has 0 radical (unpaired) electrons. The third kappa shape index (κ3) is 9.15. The number of aliphatic hydroxyl groups excluding tert-OH is 1. The van der Waals surface area contributed by atoms with Crippen molar-refractivity contribution in [1.29, 1.82) is 0 Å². The van der Waals surface area contributed by atoms with E-state index >= 15 is 0 Å². The molecule has 0 saturated heterocycles. The van der Waals surface area contributed by atoms with Crippen molar-refractivity contribution >= 4 is 23.2 Å². The van der Waals surface area contributed by atoms with Crippen molar-refractivity contribution in [2.24, 2.45) is 0 Å². The first-order chi connectivity index (χ1) is 20.7. The van der Waals surface area contributed by atoms with E-state index in [1.807, 2.05) is 59.3 Å². The highest BCUT2D eigenvalue weighted by molar-refractivity contribution is 7.08. The molecule has 0 aliphatic rings. The summed E-state index contributed by atoms with van der Waals surface area (Å²) in [4.78, 5) is 25.4. The minimum Gasteiger partial charge on any atom is -0.497 e. The summed E-state index contributed by atoms with van der Waals surface area (Å²) in [5.74, 6) is -5.01. The van der Waals surface area contributed by atoms with Gasteiger partial charge in [0.15, 0.2) is 0 Å². The van der Waals surface area contributed by atoms with Gasteiger partial charge in [-0.1, -0.05) is 36.4 Å². The van der Waals surface area contributed by atoms with E-state index in [0.29, 0.717) is 24.3 Å². The van der Waals surface area contributed by atoms with E-state index in [-0.39, 0.29) is 19.8 Å². The molecule has 0 aliphatic heterocycles. The maximum Gasteiger partial charge on any atom is 0.257 e. The van der Waals surface area contributed by atoms with Crippen molar-refractivity contribution in [3.05, 3.63) is 112 Å². The van der Waals surface area contributed by atoms with E-state index in [1.54, 1.807) is 24.5 Å². The van der Waals surface area contributed by atoms with Crippen LogP contribution in [0.4, 0.5) is 13.2 Å². The lowest BCUT2D eigenvalue weighted by atomic mass is 10.1. The molecule has 226 valence electrons. The Morgan fingerprint density at radius 3 is 2.37 bits per heavy atom. The van der Waals surface area contributed by atoms with Gasteiger partial charge in [0.25, 0.3) is 5.91 Å². The summed E-state index contributed by atoms with van der Waals surface area (Å²) in [6, 6.07) is 16.5. The van der Waals surface area contributed by atoms with Crippen molar-refractivity contribution < 1.29 is 37.3 Å². The number of aliphatic hydroxyl groups is 1. The molecule has 0 spiro atoms. The van der Waals surface area contributed by atoms with E-state index in [2.05, 4.69) is 10.6 Å². The van der Waals surface area contributed by atoms with Gasteiger partial charge < -0.3 is 25.2 Å². The number of amides is 2. The van der Waals surface area contributed by atoms with Crippen molar-refractivity contribution in [3.8, 4) is 16.9 Å². The van der Waals surface area contributed by atoms with Gasteiger partial charge in [-0.25, -0.2) is 13.2 Å². The number of ether oxygens (including phenoxy) is 2. The van der Waals surface area contributed by atoms with Gasteiger partial charge in [-0.15, -0.1) is 0 Å². The predicted octanol–water partition coefficient (Wildman–Crippen LogP) is 5.27. The van der Waals surface area contributed by atoms with Crippen LogP contribution in [0.15, 0.2) is 77.5 Å². The molecular formula is C32H31F3N2O5S. The van der Waals surface area contributed by atoms with Crippen LogP contribution >= 0.6 is 11.3 Å². The lowest BCUT2D eigenvalue weighted by molar-refractivity contribution is -0.123. The second-order valence-corrected chi connectivity index (χ2v) is 10.6. The Morgan fingerprint density at radius 2 is 1.70 bits per heavy atom. The van der Waals surface area contributed by atoms with Gasteiger partial charge in [-0.2, -0.15) is 11.3 Å². The maximum atomic E-state index is 14.3. The van der Waals surface area contributed by atoms with Gasteiger partial charge in [0.1, 0.15) is 28.8 Å². The molecule has 0 fully saturated rings. The minimum absolute atomic E-state index is 0.106. The van der Waals surface area contributed by atoms with E-state index in [0.717, 1.165) is 22.3 Å². The minimum atomic E-state index is -1.46. The van der Waals surface area contributed by atoms with Crippen LogP contribution in [0.25, 0.3) is 11.1 Å². The van der Waals surface area contributed by atoms with E-state index < -0.39 is 53.4 Å². The zero-order valence-corrected chi connectivity index (χ0v) is 24.1. The fourth-order valence-corrected chi connectivity index (χ4v) is 5.02. The highest BCUT2D eigenvalue weighted by atomic mass is 32.1. The number of carbonyl (C=O) groups is 2. The quantitative estimate of drug-likeness (QED) is 0.181. The first kappa shape index (κ1) is 31.7. The molecule has 3 aromatic carbocycles. The Hall–Kier alpha value is -4.19. The molecule has 1 aromatic heterocycles. The third-order valence-corrected chi connectivity index (χ3v) is 7.34. The van der Waals surface area contributed by atoms with E-state index in [4.69, 9.17) is 9.47 Å². The molecule has 1 heterocycles. The normalized spacial score (nSPS) is 12.4. The average molecular weight is 613 g/mol.